The average Bonchev–Trinajstić information content (AvgIpc) is 2.60. The number of ether oxygens (including phenoxy) is 1. The molecule has 4 nitrogen and oxygen atoms in total. The molecule has 6 heteroatoms. The number of hydrogen-bond donors (Lipinski definition) is 0. The second kappa shape index (κ2) is 10.2. The van der Waals surface area contributed by atoms with Gasteiger partial charge in [-0.15, -0.1) is 0 Å². The van der Waals surface area contributed by atoms with Gasteiger partial charge in [-0.2, -0.15) is 0 Å². The maximum atomic E-state index is 13.2. The summed E-state index contributed by atoms with van der Waals surface area (Å²) in [4.78, 5) is 17.9. The first-order valence-electron chi connectivity index (χ1n) is 8.53. The van der Waals surface area contributed by atoms with Crippen molar-refractivity contribution in [3.05, 3.63) is 22.9 Å². The number of methoxy groups -OCH3 is 1. The molecule has 0 saturated carbocycles. The monoisotopic (exact) mass is 344 g/mol. The van der Waals surface area contributed by atoms with Crippen molar-refractivity contribution in [1.82, 2.24) is 4.98 Å². The number of carbonyl (C=O) groups is 1. The molecular weight excluding hydrogens is 314 g/mol. The highest BCUT2D eigenvalue weighted by Crippen LogP contribution is 2.32. The van der Waals surface area contributed by atoms with E-state index in [2.05, 4.69) is 4.98 Å². The van der Waals surface area contributed by atoms with E-state index in [1.165, 1.54) is 7.11 Å². The largest absolute Gasteiger partial charge is 0.465 e. The van der Waals surface area contributed by atoms with Crippen LogP contribution in [-0.2, 0) is 4.74 Å². The number of piperidine rings is 1. The fourth-order valence-electron chi connectivity index (χ4n) is 2.32. The lowest BCUT2D eigenvalue weighted by Gasteiger charge is -2.33. The predicted molar refractivity (Wildman–Crippen MR) is 94.1 cm³/mol. The van der Waals surface area contributed by atoms with Gasteiger partial charge in [0, 0.05) is 32.1 Å². The van der Waals surface area contributed by atoms with Crippen molar-refractivity contribution in [2.24, 2.45) is 0 Å². The molecule has 24 heavy (non-hydrogen) atoms. The second-order valence-electron chi connectivity index (χ2n) is 5.10. The van der Waals surface area contributed by atoms with E-state index < -0.39 is 11.9 Å². The highest BCUT2D eigenvalue weighted by atomic mass is 19.3. The minimum Gasteiger partial charge on any atom is -0.465 e. The van der Waals surface area contributed by atoms with E-state index in [0.717, 1.165) is 11.1 Å². The molecule has 0 unspecified atom stereocenters. The van der Waals surface area contributed by atoms with Crippen LogP contribution in [0.5, 0.6) is 0 Å². The van der Waals surface area contributed by atoms with Crippen molar-refractivity contribution < 1.29 is 18.3 Å². The summed E-state index contributed by atoms with van der Waals surface area (Å²) in [5.74, 6) is -2.66. The summed E-state index contributed by atoms with van der Waals surface area (Å²) in [5, 5.41) is 0. The zero-order chi connectivity index (χ0) is 18.9. The van der Waals surface area contributed by atoms with Crippen LogP contribution in [0, 0.1) is 13.8 Å². The van der Waals surface area contributed by atoms with Crippen molar-refractivity contribution >= 4 is 11.8 Å². The van der Waals surface area contributed by atoms with Crippen LogP contribution in [0.4, 0.5) is 14.6 Å². The number of carbonyl (C=O) groups excluding carboxylic acids is 1. The van der Waals surface area contributed by atoms with E-state index in [9.17, 15) is 13.6 Å². The molecule has 0 aliphatic carbocycles. The van der Waals surface area contributed by atoms with Crippen LogP contribution in [0.3, 0.4) is 0 Å². The molecule has 1 aromatic heterocycles. The van der Waals surface area contributed by atoms with Gasteiger partial charge in [-0.05, 0) is 25.0 Å². The first-order valence-corrected chi connectivity index (χ1v) is 8.53. The summed E-state index contributed by atoms with van der Waals surface area (Å²) in [6.07, 6.45) is 1.22. The van der Waals surface area contributed by atoms with E-state index in [1.807, 2.05) is 41.5 Å². The molecule has 1 fully saturated rings. The first-order chi connectivity index (χ1) is 11.4. The SMILES string of the molecule is CC.CC.COC(=O)c1c(N2CCC(F)(F)CC2)ncc(C)c1C. The van der Waals surface area contributed by atoms with Crippen molar-refractivity contribution in [2.45, 2.75) is 60.3 Å². The third-order valence-corrected chi connectivity index (χ3v) is 3.75. The Hall–Kier alpha value is -1.72. The molecule has 0 radical (unpaired) electrons. The molecule has 0 aromatic carbocycles. The lowest BCUT2D eigenvalue weighted by Crippen LogP contribution is -2.40. The lowest BCUT2D eigenvalue weighted by molar-refractivity contribution is -0.0221. The topological polar surface area (TPSA) is 42.4 Å². The maximum Gasteiger partial charge on any atom is 0.341 e. The summed E-state index contributed by atoms with van der Waals surface area (Å²) >= 11 is 0. The van der Waals surface area contributed by atoms with Gasteiger partial charge in [0.2, 0.25) is 0 Å². The Labute approximate surface area is 144 Å². The van der Waals surface area contributed by atoms with E-state index in [4.69, 9.17) is 4.74 Å². The molecule has 0 atom stereocenters. The normalized spacial score (nSPS) is 15.5. The lowest BCUT2D eigenvalue weighted by atomic mass is 10.0. The van der Waals surface area contributed by atoms with Gasteiger partial charge in [0.05, 0.1) is 7.11 Å². The highest BCUT2D eigenvalue weighted by molar-refractivity contribution is 5.96. The van der Waals surface area contributed by atoms with Crippen LogP contribution in [-0.4, -0.2) is 37.1 Å². The summed E-state index contributed by atoms with van der Waals surface area (Å²) in [5.41, 5.74) is 2.02. The number of nitrogens with zero attached hydrogens (tertiary/aromatic N) is 2. The van der Waals surface area contributed by atoms with Crippen molar-refractivity contribution in [2.75, 3.05) is 25.1 Å². The Morgan fingerprint density at radius 1 is 1.17 bits per heavy atom. The molecule has 2 heterocycles. The van der Waals surface area contributed by atoms with Crippen molar-refractivity contribution in [3.8, 4) is 0 Å². The zero-order valence-corrected chi connectivity index (χ0v) is 15.9. The van der Waals surface area contributed by atoms with E-state index in [1.54, 1.807) is 11.1 Å². The summed E-state index contributed by atoms with van der Waals surface area (Å²) in [6.45, 7) is 12.0. The molecular formula is C18H30F2N2O2. The van der Waals surface area contributed by atoms with E-state index in [-0.39, 0.29) is 25.9 Å². The van der Waals surface area contributed by atoms with Crippen LogP contribution in [0.25, 0.3) is 0 Å². The maximum absolute atomic E-state index is 13.2. The minimum atomic E-state index is -2.62. The Kier molecular flexibility index (Phi) is 9.48. The molecule has 1 aromatic rings. The van der Waals surface area contributed by atoms with Crippen molar-refractivity contribution in [3.63, 3.8) is 0 Å². The highest BCUT2D eigenvalue weighted by Gasteiger charge is 2.35. The Balaban J connectivity index is 0.00000123. The Morgan fingerprint density at radius 2 is 1.67 bits per heavy atom. The summed E-state index contributed by atoms with van der Waals surface area (Å²) < 4.78 is 31.2. The van der Waals surface area contributed by atoms with Crippen LogP contribution >= 0.6 is 0 Å². The minimum absolute atomic E-state index is 0.187. The quantitative estimate of drug-likeness (QED) is 0.725. The van der Waals surface area contributed by atoms with Gasteiger partial charge in [-0.1, -0.05) is 27.7 Å². The van der Waals surface area contributed by atoms with Crippen LogP contribution in [0.1, 0.15) is 62.0 Å². The van der Waals surface area contributed by atoms with Crippen LogP contribution < -0.4 is 4.90 Å². The first kappa shape index (κ1) is 22.3. The van der Waals surface area contributed by atoms with Crippen molar-refractivity contribution in [1.29, 1.82) is 0 Å². The third-order valence-electron chi connectivity index (χ3n) is 3.75. The van der Waals surface area contributed by atoms with Gasteiger partial charge in [0.1, 0.15) is 11.4 Å². The van der Waals surface area contributed by atoms with Gasteiger partial charge in [-0.3, -0.25) is 0 Å². The zero-order valence-electron chi connectivity index (χ0n) is 15.9. The molecule has 2 rings (SSSR count). The third kappa shape index (κ3) is 5.42. The fourth-order valence-corrected chi connectivity index (χ4v) is 2.32. The average molecular weight is 344 g/mol. The van der Waals surface area contributed by atoms with Crippen LogP contribution in [0.2, 0.25) is 0 Å². The smallest absolute Gasteiger partial charge is 0.341 e. The van der Waals surface area contributed by atoms with Gasteiger partial charge >= 0.3 is 5.97 Å². The molecule has 138 valence electrons. The summed E-state index contributed by atoms with van der Waals surface area (Å²) in [7, 11) is 1.30. The number of hydrogen-bond acceptors (Lipinski definition) is 4. The molecule has 1 aliphatic rings. The van der Waals surface area contributed by atoms with Gasteiger partial charge < -0.3 is 9.64 Å². The van der Waals surface area contributed by atoms with Gasteiger partial charge in [0.25, 0.3) is 5.92 Å². The number of anilines is 1. The van der Waals surface area contributed by atoms with Crippen LogP contribution in [0.15, 0.2) is 6.20 Å². The molecule has 0 bridgehead atoms. The number of esters is 1. The molecule has 0 N–H and O–H groups in total. The fraction of sp³-hybridized carbons (Fsp3) is 0.667. The number of halogens is 2. The van der Waals surface area contributed by atoms with Gasteiger partial charge in [-0.25, -0.2) is 18.6 Å². The number of rotatable bonds is 2. The molecule has 0 spiro atoms. The van der Waals surface area contributed by atoms with E-state index >= 15 is 0 Å². The molecule has 1 saturated heterocycles. The Morgan fingerprint density at radius 3 is 2.12 bits per heavy atom. The number of aryl methyl sites for hydroxylation is 1. The summed E-state index contributed by atoms with van der Waals surface area (Å²) in [6, 6.07) is 0. The number of aromatic nitrogens is 1. The second-order valence-corrected chi connectivity index (χ2v) is 5.10. The molecule has 0 amide bonds. The number of alkyl halides is 2. The predicted octanol–water partition coefficient (Wildman–Crippen LogP) is 4.77. The molecule has 1 aliphatic heterocycles. The van der Waals surface area contributed by atoms with Gasteiger partial charge in [0.15, 0.2) is 0 Å². The number of pyridine rings is 1. The Bertz CT molecular complexity index is 524. The van der Waals surface area contributed by atoms with E-state index in [0.29, 0.717) is 11.4 Å². The standard InChI is InChI=1S/C14H18F2N2O2.2C2H6/c1-9-8-17-12(11(10(9)2)13(19)20-3)18-6-4-14(15,16)5-7-18;2*1-2/h8H,4-7H2,1-3H3;2*1-2H3.